The highest BCUT2D eigenvalue weighted by Crippen LogP contribution is 2.31. The Balaban J connectivity index is 1.81. The SMILES string of the molecule is O=C(Nc1cccnc1)c1c(O)c2c(n(Cc3ccco3)c1=O)CCCC2. The summed E-state index contributed by atoms with van der Waals surface area (Å²) < 4.78 is 6.93. The fourth-order valence-electron chi connectivity index (χ4n) is 3.51. The van der Waals surface area contributed by atoms with E-state index in [1.807, 2.05) is 0 Å². The van der Waals surface area contributed by atoms with Gasteiger partial charge in [-0.25, -0.2) is 0 Å². The number of aromatic hydroxyl groups is 1. The molecule has 4 rings (SSSR count). The monoisotopic (exact) mass is 365 g/mol. The number of nitrogens with one attached hydrogen (secondary N) is 1. The first kappa shape index (κ1) is 17.1. The average Bonchev–Trinajstić information content (AvgIpc) is 3.19. The Labute approximate surface area is 155 Å². The van der Waals surface area contributed by atoms with Crippen molar-refractivity contribution < 1.29 is 14.3 Å². The van der Waals surface area contributed by atoms with E-state index >= 15 is 0 Å². The molecule has 1 amide bonds. The second-order valence-corrected chi connectivity index (χ2v) is 6.52. The number of fused-ring (bicyclic) bond motifs is 1. The predicted octanol–water partition coefficient (Wildman–Crippen LogP) is 2.72. The van der Waals surface area contributed by atoms with Crippen molar-refractivity contribution in [2.75, 3.05) is 5.32 Å². The summed E-state index contributed by atoms with van der Waals surface area (Å²) in [5, 5.41) is 13.3. The number of anilines is 1. The molecule has 138 valence electrons. The number of carbonyl (C=O) groups is 1. The maximum atomic E-state index is 13.1. The van der Waals surface area contributed by atoms with Gasteiger partial charge in [-0.2, -0.15) is 0 Å². The molecule has 3 heterocycles. The second-order valence-electron chi connectivity index (χ2n) is 6.52. The van der Waals surface area contributed by atoms with Crippen molar-refractivity contribution in [3.8, 4) is 5.75 Å². The van der Waals surface area contributed by atoms with E-state index in [0.717, 1.165) is 18.5 Å². The highest BCUT2D eigenvalue weighted by molar-refractivity contribution is 6.06. The van der Waals surface area contributed by atoms with E-state index in [2.05, 4.69) is 10.3 Å². The van der Waals surface area contributed by atoms with Crippen molar-refractivity contribution in [2.24, 2.45) is 0 Å². The molecule has 0 aromatic carbocycles. The third-order valence-corrected chi connectivity index (χ3v) is 4.79. The number of amides is 1. The van der Waals surface area contributed by atoms with Crippen LogP contribution in [-0.4, -0.2) is 20.6 Å². The van der Waals surface area contributed by atoms with E-state index in [-0.39, 0.29) is 17.9 Å². The molecule has 0 radical (unpaired) electrons. The first-order valence-electron chi connectivity index (χ1n) is 8.86. The molecule has 7 heteroatoms. The molecular weight excluding hydrogens is 346 g/mol. The Bertz CT molecular complexity index is 1020. The van der Waals surface area contributed by atoms with Gasteiger partial charge in [0.05, 0.1) is 24.7 Å². The van der Waals surface area contributed by atoms with Gasteiger partial charge in [0.1, 0.15) is 17.1 Å². The first-order valence-corrected chi connectivity index (χ1v) is 8.86. The van der Waals surface area contributed by atoms with Crippen molar-refractivity contribution in [1.29, 1.82) is 0 Å². The fourth-order valence-corrected chi connectivity index (χ4v) is 3.51. The van der Waals surface area contributed by atoms with Gasteiger partial charge in [-0.05, 0) is 49.9 Å². The van der Waals surface area contributed by atoms with Crippen LogP contribution in [0.5, 0.6) is 5.75 Å². The molecule has 1 aliphatic carbocycles. The largest absolute Gasteiger partial charge is 0.507 e. The zero-order valence-electron chi connectivity index (χ0n) is 14.6. The number of furan rings is 1. The number of rotatable bonds is 4. The molecular formula is C20H19N3O4. The lowest BCUT2D eigenvalue weighted by atomic mass is 9.93. The van der Waals surface area contributed by atoms with Gasteiger partial charge in [-0.1, -0.05) is 0 Å². The van der Waals surface area contributed by atoms with Gasteiger partial charge in [-0.15, -0.1) is 0 Å². The highest BCUT2D eigenvalue weighted by atomic mass is 16.3. The minimum atomic E-state index is -0.646. The zero-order valence-corrected chi connectivity index (χ0v) is 14.6. The lowest BCUT2D eigenvalue weighted by molar-refractivity contribution is 0.102. The van der Waals surface area contributed by atoms with Crippen LogP contribution in [-0.2, 0) is 19.4 Å². The highest BCUT2D eigenvalue weighted by Gasteiger charge is 2.27. The molecule has 0 aliphatic heterocycles. The van der Waals surface area contributed by atoms with E-state index in [9.17, 15) is 14.7 Å². The van der Waals surface area contributed by atoms with Crippen LogP contribution in [0.1, 0.15) is 40.2 Å². The molecule has 0 unspecified atom stereocenters. The number of carbonyl (C=O) groups excluding carboxylic acids is 1. The van der Waals surface area contributed by atoms with Crippen LogP contribution in [0.2, 0.25) is 0 Å². The molecule has 27 heavy (non-hydrogen) atoms. The van der Waals surface area contributed by atoms with Gasteiger partial charge < -0.3 is 19.4 Å². The number of pyridine rings is 2. The van der Waals surface area contributed by atoms with E-state index in [0.29, 0.717) is 29.9 Å². The Morgan fingerprint density at radius 2 is 2.11 bits per heavy atom. The quantitative estimate of drug-likeness (QED) is 0.741. The Kier molecular flexibility index (Phi) is 4.50. The lowest BCUT2D eigenvalue weighted by Gasteiger charge is -2.23. The van der Waals surface area contributed by atoms with Gasteiger partial charge in [0.25, 0.3) is 11.5 Å². The summed E-state index contributed by atoms with van der Waals surface area (Å²) in [5.74, 6) is -0.243. The summed E-state index contributed by atoms with van der Waals surface area (Å²) in [4.78, 5) is 29.8. The molecule has 0 spiro atoms. The fraction of sp³-hybridized carbons (Fsp3) is 0.250. The standard InChI is InChI=1S/C20H19N3O4/c24-18-15-7-1-2-8-16(15)23(12-14-6-4-10-27-14)20(26)17(18)19(25)22-13-5-3-9-21-11-13/h3-6,9-11,24H,1-2,7-8,12H2,(H,22,25). The summed E-state index contributed by atoms with van der Waals surface area (Å²) in [6.07, 6.45) is 7.77. The maximum Gasteiger partial charge on any atom is 0.267 e. The summed E-state index contributed by atoms with van der Waals surface area (Å²) >= 11 is 0. The molecule has 1 aliphatic rings. The maximum absolute atomic E-state index is 13.1. The van der Waals surface area contributed by atoms with Gasteiger partial charge >= 0.3 is 0 Å². The molecule has 0 saturated heterocycles. The normalized spacial score (nSPS) is 13.2. The van der Waals surface area contributed by atoms with Crippen LogP contribution in [0.4, 0.5) is 5.69 Å². The number of hydrogen-bond acceptors (Lipinski definition) is 5. The molecule has 0 atom stereocenters. The van der Waals surface area contributed by atoms with Crippen LogP contribution < -0.4 is 10.9 Å². The Hall–Kier alpha value is -3.35. The van der Waals surface area contributed by atoms with Gasteiger partial charge in [0.2, 0.25) is 0 Å². The number of nitrogens with zero attached hydrogens (tertiary/aromatic N) is 2. The smallest absolute Gasteiger partial charge is 0.267 e. The molecule has 0 fully saturated rings. The zero-order chi connectivity index (χ0) is 18.8. The summed E-state index contributed by atoms with van der Waals surface area (Å²) in [7, 11) is 0. The van der Waals surface area contributed by atoms with E-state index in [1.54, 1.807) is 41.3 Å². The van der Waals surface area contributed by atoms with Crippen LogP contribution in [0, 0.1) is 0 Å². The molecule has 2 N–H and O–H groups in total. The molecule has 7 nitrogen and oxygen atoms in total. The Morgan fingerprint density at radius 3 is 2.85 bits per heavy atom. The topological polar surface area (TPSA) is 97.4 Å². The number of hydrogen-bond donors (Lipinski definition) is 2. The third kappa shape index (κ3) is 3.23. The van der Waals surface area contributed by atoms with Crippen molar-refractivity contribution in [1.82, 2.24) is 9.55 Å². The van der Waals surface area contributed by atoms with Gasteiger partial charge in [-0.3, -0.25) is 14.6 Å². The van der Waals surface area contributed by atoms with Crippen molar-refractivity contribution in [3.05, 3.63) is 75.9 Å². The van der Waals surface area contributed by atoms with Crippen LogP contribution in [0.15, 0.2) is 52.1 Å². The van der Waals surface area contributed by atoms with Crippen LogP contribution >= 0.6 is 0 Å². The van der Waals surface area contributed by atoms with E-state index in [1.165, 1.54) is 6.20 Å². The van der Waals surface area contributed by atoms with Crippen molar-refractivity contribution in [3.63, 3.8) is 0 Å². The Morgan fingerprint density at radius 1 is 1.26 bits per heavy atom. The van der Waals surface area contributed by atoms with Gasteiger partial charge in [0, 0.05) is 17.5 Å². The van der Waals surface area contributed by atoms with Crippen molar-refractivity contribution in [2.45, 2.75) is 32.2 Å². The van der Waals surface area contributed by atoms with Crippen LogP contribution in [0.3, 0.4) is 0 Å². The van der Waals surface area contributed by atoms with Gasteiger partial charge in [0.15, 0.2) is 0 Å². The van der Waals surface area contributed by atoms with E-state index in [4.69, 9.17) is 4.42 Å². The predicted molar refractivity (Wildman–Crippen MR) is 99.0 cm³/mol. The molecule has 3 aromatic heterocycles. The number of aromatic nitrogens is 2. The third-order valence-electron chi connectivity index (χ3n) is 4.79. The van der Waals surface area contributed by atoms with E-state index < -0.39 is 11.5 Å². The summed E-state index contributed by atoms with van der Waals surface area (Å²) in [6.45, 7) is 0.224. The second kappa shape index (κ2) is 7.11. The first-order chi connectivity index (χ1) is 13.1. The average molecular weight is 365 g/mol. The molecule has 0 bridgehead atoms. The van der Waals surface area contributed by atoms with Crippen LogP contribution in [0.25, 0.3) is 0 Å². The minimum Gasteiger partial charge on any atom is -0.507 e. The molecule has 0 saturated carbocycles. The summed E-state index contributed by atoms with van der Waals surface area (Å²) in [5.41, 5.74) is 1.13. The molecule has 3 aromatic rings. The summed E-state index contributed by atoms with van der Waals surface area (Å²) in [6, 6.07) is 6.88. The van der Waals surface area contributed by atoms with Crippen molar-refractivity contribution >= 4 is 11.6 Å². The minimum absolute atomic E-state index is 0.216. The lowest BCUT2D eigenvalue weighted by Crippen LogP contribution is -2.34.